The number of hydrogen-bond acceptors (Lipinski definition) is 6. The molecule has 0 spiro atoms. The quantitative estimate of drug-likeness (QED) is 0.263. The Morgan fingerprint density at radius 3 is 2.27 bits per heavy atom. The molecule has 6 rings (SSSR count). The minimum absolute atomic E-state index is 0.186. The third-order valence-corrected chi connectivity index (χ3v) is 8.60. The van der Waals surface area contributed by atoms with Crippen molar-refractivity contribution in [3.8, 4) is 5.69 Å². The molecule has 3 heterocycles. The van der Waals surface area contributed by atoms with Crippen LogP contribution in [0.5, 0.6) is 0 Å². The minimum Gasteiger partial charge on any atom is -0.478 e. The SMILES string of the molecule is CCOC(=O)C1=C(c2ccccc2)N=c2s/c(=C/c3cc(C)n(-c4ccc(C(=O)O)cc4)c3C)c(=O)n2[C@@H]1c1ccccc1. The van der Waals surface area contributed by atoms with Gasteiger partial charge in [-0.1, -0.05) is 72.0 Å². The van der Waals surface area contributed by atoms with Gasteiger partial charge < -0.3 is 14.4 Å². The summed E-state index contributed by atoms with van der Waals surface area (Å²) in [5, 5.41) is 9.29. The van der Waals surface area contributed by atoms with Crippen molar-refractivity contribution in [3.05, 3.63) is 150 Å². The molecule has 5 aromatic rings. The molecule has 1 aliphatic heterocycles. The molecule has 44 heavy (non-hydrogen) atoms. The van der Waals surface area contributed by atoms with Crippen LogP contribution in [-0.2, 0) is 9.53 Å². The maximum Gasteiger partial charge on any atom is 0.338 e. The Morgan fingerprint density at radius 1 is 0.977 bits per heavy atom. The molecule has 0 radical (unpaired) electrons. The van der Waals surface area contributed by atoms with Crippen LogP contribution in [-0.4, -0.2) is 32.8 Å². The normalized spacial score (nSPS) is 14.7. The zero-order valence-corrected chi connectivity index (χ0v) is 25.2. The van der Waals surface area contributed by atoms with E-state index in [0.29, 0.717) is 20.6 Å². The highest BCUT2D eigenvalue weighted by Crippen LogP contribution is 2.35. The van der Waals surface area contributed by atoms with Crippen LogP contribution in [0, 0.1) is 13.8 Å². The molecular formula is C35H29N3O5S. The van der Waals surface area contributed by atoms with Crippen molar-refractivity contribution in [2.45, 2.75) is 26.8 Å². The summed E-state index contributed by atoms with van der Waals surface area (Å²) in [6.07, 6.45) is 1.85. The van der Waals surface area contributed by atoms with Gasteiger partial charge in [0, 0.05) is 22.6 Å². The van der Waals surface area contributed by atoms with E-state index in [2.05, 4.69) is 0 Å². The number of esters is 1. The maximum atomic E-state index is 14.2. The molecule has 0 bridgehead atoms. The van der Waals surface area contributed by atoms with E-state index in [-0.39, 0.29) is 17.7 Å². The lowest BCUT2D eigenvalue weighted by Gasteiger charge is -2.25. The Morgan fingerprint density at radius 2 is 1.64 bits per heavy atom. The summed E-state index contributed by atoms with van der Waals surface area (Å²) in [6.45, 7) is 5.86. The van der Waals surface area contributed by atoms with Crippen LogP contribution < -0.4 is 14.9 Å². The molecule has 220 valence electrons. The average molecular weight is 604 g/mol. The second kappa shape index (κ2) is 11.8. The van der Waals surface area contributed by atoms with Crippen molar-refractivity contribution in [2.75, 3.05) is 6.61 Å². The maximum absolute atomic E-state index is 14.2. The van der Waals surface area contributed by atoms with Crippen LogP contribution in [0.4, 0.5) is 0 Å². The summed E-state index contributed by atoms with van der Waals surface area (Å²) < 4.78 is 9.61. The number of carboxylic acid groups (broad SMARTS) is 1. The van der Waals surface area contributed by atoms with E-state index < -0.39 is 18.0 Å². The number of hydrogen-bond donors (Lipinski definition) is 1. The number of nitrogens with zero attached hydrogens (tertiary/aromatic N) is 3. The Kier molecular flexibility index (Phi) is 7.71. The van der Waals surface area contributed by atoms with Gasteiger partial charge in [0.05, 0.1) is 34.0 Å². The Balaban J connectivity index is 1.56. The fourth-order valence-electron chi connectivity index (χ4n) is 5.62. The van der Waals surface area contributed by atoms with Gasteiger partial charge in [-0.3, -0.25) is 9.36 Å². The predicted molar refractivity (Wildman–Crippen MR) is 170 cm³/mol. The van der Waals surface area contributed by atoms with E-state index in [1.807, 2.05) is 91.2 Å². The van der Waals surface area contributed by atoms with Crippen molar-refractivity contribution < 1.29 is 19.4 Å². The van der Waals surface area contributed by atoms with Crippen LogP contribution in [0.3, 0.4) is 0 Å². The van der Waals surface area contributed by atoms with Crippen molar-refractivity contribution in [3.63, 3.8) is 0 Å². The topological polar surface area (TPSA) is 103 Å². The fraction of sp³-hybridized carbons (Fsp3) is 0.143. The molecule has 2 aromatic heterocycles. The van der Waals surface area contributed by atoms with Gasteiger partial charge in [0.25, 0.3) is 5.56 Å². The number of aromatic carboxylic acids is 1. The number of carboxylic acids is 1. The molecule has 8 nitrogen and oxygen atoms in total. The first-order chi connectivity index (χ1) is 21.3. The van der Waals surface area contributed by atoms with Crippen molar-refractivity contribution >= 4 is 35.0 Å². The first kappa shape index (κ1) is 28.8. The Bertz CT molecular complexity index is 2100. The van der Waals surface area contributed by atoms with E-state index in [1.54, 1.807) is 35.8 Å². The Labute approximate surface area is 257 Å². The number of rotatable bonds is 7. The van der Waals surface area contributed by atoms with Gasteiger partial charge in [0.1, 0.15) is 0 Å². The Hall–Kier alpha value is -5.28. The summed E-state index contributed by atoms with van der Waals surface area (Å²) in [4.78, 5) is 44.5. The van der Waals surface area contributed by atoms with Crippen LogP contribution >= 0.6 is 11.3 Å². The molecule has 0 saturated heterocycles. The number of carbonyl (C=O) groups is 2. The predicted octanol–water partition coefficient (Wildman–Crippen LogP) is 5.04. The van der Waals surface area contributed by atoms with E-state index >= 15 is 0 Å². The second-order valence-corrected chi connectivity index (χ2v) is 11.4. The van der Waals surface area contributed by atoms with Crippen molar-refractivity contribution in [1.29, 1.82) is 0 Å². The van der Waals surface area contributed by atoms with Crippen LogP contribution in [0.25, 0.3) is 17.5 Å². The smallest absolute Gasteiger partial charge is 0.338 e. The van der Waals surface area contributed by atoms with Crippen LogP contribution in [0.2, 0.25) is 0 Å². The number of benzene rings is 3. The first-order valence-corrected chi connectivity index (χ1v) is 15.0. The van der Waals surface area contributed by atoms with Crippen LogP contribution in [0.1, 0.15) is 51.4 Å². The van der Waals surface area contributed by atoms with E-state index in [0.717, 1.165) is 33.8 Å². The van der Waals surface area contributed by atoms with Crippen molar-refractivity contribution in [2.24, 2.45) is 4.99 Å². The monoisotopic (exact) mass is 603 g/mol. The first-order valence-electron chi connectivity index (χ1n) is 14.1. The second-order valence-electron chi connectivity index (χ2n) is 10.4. The van der Waals surface area contributed by atoms with Gasteiger partial charge in [0.15, 0.2) is 4.80 Å². The highest BCUT2D eigenvalue weighted by Gasteiger charge is 2.35. The van der Waals surface area contributed by atoms with Gasteiger partial charge in [-0.15, -0.1) is 0 Å². The van der Waals surface area contributed by atoms with E-state index in [9.17, 15) is 19.5 Å². The zero-order chi connectivity index (χ0) is 31.0. The highest BCUT2D eigenvalue weighted by molar-refractivity contribution is 7.07. The minimum atomic E-state index is -0.982. The molecule has 1 N–H and O–H groups in total. The lowest BCUT2D eigenvalue weighted by molar-refractivity contribution is -0.138. The largest absolute Gasteiger partial charge is 0.478 e. The molecule has 9 heteroatoms. The lowest BCUT2D eigenvalue weighted by atomic mass is 9.93. The number of aryl methyl sites for hydroxylation is 1. The number of aromatic nitrogens is 2. The molecule has 3 aromatic carbocycles. The van der Waals surface area contributed by atoms with Crippen LogP contribution in [0.15, 0.2) is 106 Å². The van der Waals surface area contributed by atoms with E-state index in [1.165, 1.54) is 11.3 Å². The number of thiazole rings is 1. The standard InChI is InChI=1S/C35H29N3O5S/c1-4-43-34(42)29-30(23-11-7-5-8-12-23)36-35-38(31(29)24-13-9-6-10-14-24)32(39)28(44-35)20-26-19-21(2)37(22(26)3)27-17-15-25(16-18-27)33(40)41/h5-20,31H,4H2,1-3H3,(H,40,41)/b28-20+/t31-/m1/s1. The van der Waals surface area contributed by atoms with Gasteiger partial charge in [-0.2, -0.15) is 0 Å². The molecule has 0 amide bonds. The summed E-state index contributed by atoms with van der Waals surface area (Å²) in [6, 6.07) is 26.9. The lowest BCUT2D eigenvalue weighted by Crippen LogP contribution is -2.40. The third kappa shape index (κ3) is 5.11. The highest BCUT2D eigenvalue weighted by atomic mass is 32.1. The summed E-state index contributed by atoms with van der Waals surface area (Å²) in [5.41, 5.74) is 5.77. The summed E-state index contributed by atoms with van der Waals surface area (Å²) in [7, 11) is 0. The van der Waals surface area contributed by atoms with Gasteiger partial charge >= 0.3 is 11.9 Å². The third-order valence-electron chi connectivity index (χ3n) is 7.62. The van der Waals surface area contributed by atoms with Crippen molar-refractivity contribution in [1.82, 2.24) is 9.13 Å². The number of fused-ring (bicyclic) bond motifs is 1. The average Bonchev–Trinajstić information content (AvgIpc) is 3.50. The fourth-order valence-corrected chi connectivity index (χ4v) is 6.61. The zero-order valence-electron chi connectivity index (χ0n) is 24.4. The molecule has 0 unspecified atom stereocenters. The number of ether oxygens (including phenoxy) is 1. The summed E-state index contributed by atoms with van der Waals surface area (Å²) in [5.74, 6) is -1.50. The molecular weight excluding hydrogens is 574 g/mol. The molecule has 0 aliphatic carbocycles. The molecule has 1 atom stereocenters. The van der Waals surface area contributed by atoms with E-state index in [4.69, 9.17) is 9.73 Å². The van der Waals surface area contributed by atoms with Gasteiger partial charge in [-0.05, 0) is 68.3 Å². The van der Waals surface area contributed by atoms with Gasteiger partial charge in [0.2, 0.25) is 0 Å². The molecule has 0 saturated carbocycles. The molecule has 0 fully saturated rings. The molecule has 1 aliphatic rings. The number of carbonyl (C=O) groups excluding carboxylic acids is 1. The van der Waals surface area contributed by atoms with Gasteiger partial charge in [-0.25, -0.2) is 14.6 Å². The summed E-state index contributed by atoms with van der Waals surface area (Å²) >= 11 is 1.27.